The van der Waals surface area contributed by atoms with E-state index >= 15 is 0 Å². The highest BCUT2D eigenvalue weighted by atomic mass is 16.6. The molecule has 1 aliphatic rings. The third kappa shape index (κ3) is 1.98. The molecule has 1 fully saturated rings. The summed E-state index contributed by atoms with van der Waals surface area (Å²) < 4.78 is 9.89. The SMILES string of the molecule is CO[C@@H]1C(CO)O[C@@H](N)C(O)[C@H]1O. The van der Waals surface area contributed by atoms with E-state index in [2.05, 4.69) is 0 Å². The molecule has 0 aromatic rings. The van der Waals surface area contributed by atoms with Crippen molar-refractivity contribution in [1.82, 2.24) is 0 Å². The monoisotopic (exact) mass is 193 g/mol. The Morgan fingerprint density at radius 2 is 2.00 bits per heavy atom. The van der Waals surface area contributed by atoms with Crippen molar-refractivity contribution in [3.63, 3.8) is 0 Å². The van der Waals surface area contributed by atoms with Crippen LogP contribution in [0.1, 0.15) is 0 Å². The first-order valence-corrected chi connectivity index (χ1v) is 4.02. The normalized spacial score (nSPS) is 46.4. The van der Waals surface area contributed by atoms with Crippen LogP contribution in [0.5, 0.6) is 0 Å². The molecule has 1 heterocycles. The molecular formula is C7H15NO5. The van der Waals surface area contributed by atoms with E-state index in [1.165, 1.54) is 7.11 Å². The molecular weight excluding hydrogens is 178 g/mol. The van der Waals surface area contributed by atoms with Gasteiger partial charge in [-0.25, -0.2) is 0 Å². The van der Waals surface area contributed by atoms with Crippen molar-refractivity contribution in [3.05, 3.63) is 0 Å². The summed E-state index contributed by atoms with van der Waals surface area (Å²) in [5, 5.41) is 27.6. The maximum Gasteiger partial charge on any atom is 0.135 e. The fraction of sp³-hybridized carbons (Fsp3) is 1.00. The Morgan fingerprint density at radius 1 is 1.38 bits per heavy atom. The summed E-state index contributed by atoms with van der Waals surface area (Å²) in [6, 6.07) is 0. The first kappa shape index (κ1) is 10.8. The summed E-state index contributed by atoms with van der Waals surface area (Å²) in [6.07, 6.45) is -4.75. The molecule has 13 heavy (non-hydrogen) atoms. The van der Waals surface area contributed by atoms with Crippen molar-refractivity contribution in [2.24, 2.45) is 5.73 Å². The molecule has 6 heteroatoms. The molecule has 1 aliphatic heterocycles. The standard InChI is InChI=1S/C7H15NO5/c1-12-6-3(2-9)13-7(8)5(11)4(6)10/h3-7,9-11H,2,8H2,1H3/t3?,4-,5?,6-,7-/m1/s1. The molecule has 0 spiro atoms. The lowest BCUT2D eigenvalue weighted by Gasteiger charge is -2.39. The van der Waals surface area contributed by atoms with Gasteiger partial charge in [0.1, 0.15) is 30.6 Å². The van der Waals surface area contributed by atoms with E-state index in [0.29, 0.717) is 0 Å². The van der Waals surface area contributed by atoms with Crippen molar-refractivity contribution < 1.29 is 24.8 Å². The molecule has 0 radical (unpaired) electrons. The van der Waals surface area contributed by atoms with Gasteiger partial charge in [0, 0.05) is 7.11 Å². The third-order valence-electron chi connectivity index (χ3n) is 2.17. The number of nitrogens with two attached hydrogens (primary N) is 1. The van der Waals surface area contributed by atoms with Crippen molar-refractivity contribution in [2.45, 2.75) is 30.6 Å². The molecule has 1 saturated heterocycles. The first-order valence-electron chi connectivity index (χ1n) is 4.02. The Morgan fingerprint density at radius 3 is 2.46 bits per heavy atom. The fourth-order valence-corrected chi connectivity index (χ4v) is 1.41. The second-order valence-corrected chi connectivity index (χ2v) is 3.00. The highest BCUT2D eigenvalue weighted by Crippen LogP contribution is 2.20. The van der Waals surface area contributed by atoms with E-state index < -0.39 is 30.6 Å². The second kappa shape index (κ2) is 4.32. The fourth-order valence-electron chi connectivity index (χ4n) is 1.41. The Kier molecular flexibility index (Phi) is 3.60. The maximum absolute atomic E-state index is 9.46. The number of ether oxygens (including phenoxy) is 2. The molecule has 0 saturated carbocycles. The predicted octanol–water partition coefficient (Wildman–Crippen LogP) is -2.60. The molecule has 0 aliphatic carbocycles. The summed E-state index contributed by atoms with van der Waals surface area (Å²) in [6.45, 7) is -0.310. The van der Waals surface area contributed by atoms with Gasteiger partial charge in [-0.1, -0.05) is 0 Å². The van der Waals surface area contributed by atoms with E-state index in [-0.39, 0.29) is 6.61 Å². The Bertz CT molecular complexity index is 165. The lowest BCUT2D eigenvalue weighted by Crippen LogP contribution is -2.61. The number of aliphatic hydroxyl groups excluding tert-OH is 3. The lowest BCUT2D eigenvalue weighted by atomic mass is 9.98. The zero-order valence-corrected chi connectivity index (χ0v) is 7.33. The van der Waals surface area contributed by atoms with E-state index in [1.807, 2.05) is 0 Å². The number of hydrogen-bond donors (Lipinski definition) is 4. The number of hydrogen-bond acceptors (Lipinski definition) is 6. The predicted molar refractivity (Wildman–Crippen MR) is 42.7 cm³/mol. The van der Waals surface area contributed by atoms with Crippen molar-refractivity contribution in [3.8, 4) is 0 Å². The molecule has 0 aromatic heterocycles. The molecule has 5 N–H and O–H groups in total. The summed E-state index contributed by atoms with van der Waals surface area (Å²) >= 11 is 0. The molecule has 0 bridgehead atoms. The van der Waals surface area contributed by atoms with Gasteiger partial charge in [-0.05, 0) is 0 Å². The van der Waals surface area contributed by atoms with Gasteiger partial charge in [-0.2, -0.15) is 0 Å². The third-order valence-corrected chi connectivity index (χ3v) is 2.17. The van der Waals surface area contributed by atoms with E-state index in [1.54, 1.807) is 0 Å². The van der Waals surface area contributed by atoms with Gasteiger partial charge in [-0.15, -0.1) is 0 Å². The summed E-state index contributed by atoms with van der Waals surface area (Å²) in [5.41, 5.74) is 5.35. The van der Waals surface area contributed by atoms with E-state index in [4.69, 9.17) is 20.3 Å². The van der Waals surface area contributed by atoms with E-state index in [9.17, 15) is 10.2 Å². The second-order valence-electron chi connectivity index (χ2n) is 3.00. The summed E-state index contributed by atoms with van der Waals surface area (Å²) in [5.74, 6) is 0. The number of rotatable bonds is 2. The smallest absolute Gasteiger partial charge is 0.135 e. The maximum atomic E-state index is 9.46. The Labute approximate surface area is 75.9 Å². The quantitative estimate of drug-likeness (QED) is 0.383. The topological polar surface area (TPSA) is 105 Å². The van der Waals surface area contributed by atoms with Crippen LogP contribution in [0.3, 0.4) is 0 Å². The number of methoxy groups -OCH3 is 1. The minimum absolute atomic E-state index is 0.310. The van der Waals surface area contributed by atoms with Crippen LogP contribution in [0.2, 0.25) is 0 Å². The van der Waals surface area contributed by atoms with Crippen molar-refractivity contribution in [2.75, 3.05) is 13.7 Å². The van der Waals surface area contributed by atoms with Crippen LogP contribution in [-0.4, -0.2) is 59.7 Å². The van der Waals surface area contributed by atoms with Gasteiger partial charge >= 0.3 is 0 Å². The molecule has 2 unspecified atom stereocenters. The van der Waals surface area contributed by atoms with Gasteiger partial charge in [0.15, 0.2) is 0 Å². The minimum atomic E-state index is -1.19. The zero-order chi connectivity index (χ0) is 10.0. The molecule has 5 atom stereocenters. The highest BCUT2D eigenvalue weighted by Gasteiger charge is 2.42. The largest absolute Gasteiger partial charge is 0.394 e. The van der Waals surface area contributed by atoms with Crippen LogP contribution in [0.25, 0.3) is 0 Å². The lowest BCUT2D eigenvalue weighted by molar-refractivity contribution is -0.234. The van der Waals surface area contributed by atoms with Crippen LogP contribution in [0.15, 0.2) is 0 Å². The van der Waals surface area contributed by atoms with Crippen molar-refractivity contribution >= 4 is 0 Å². The highest BCUT2D eigenvalue weighted by molar-refractivity contribution is 4.90. The average Bonchev–Trinajstić information content (AvgIpc) is 2.13. The number of aliphatic hydroxyl groups is 3. The van der Waals surface area contributed by atoms with Gasteiger partial charge < -0.3 is 30.5 Å². The van der Waals surface area contributed by atoms with Crippen LogP contribution in [0.4, 0.5) is 0 Å². The van der Waals surface area contributed by atoms with Gasteiger partial charge in [-0.3, -0.25) is 0 Å². The average molecular weight is 193 g/mol. The van der Waals surface area contributed by atoms with Gasteiger partial charge in [0.05, 0.1) is 6.61 Å². The first-order chi connectivity index (χ1) is 6.11. The van der Waals surface area contributed by atoms with Crippen LogP contribution >= 0.6 is 0 Å². The molecule has 0 aromatic carbocycles. The van der Waals surface area contributed by atoms with E-state index in [0.717, 1.165) is 0 Å². The molecule has 6 nitrogen and oxygen atoms in total. The van der Waals surface area contributed by atoms with Gasteiger partial charge in [0.25, 0.3) is 0 Å². The van der Waals surface area contributed by atoms with Crippen molar-refractivity contribution in [1.29, 1.82) is 0 Å². The summed E-state index contributed by atoms with van der Waals surface area (Å²) in [7, 11) is 1.36. The Hall–Kier alpha value is -0.240. The molecule has 0 amide bonds. The zero-order valence-electron chi connectivity index (χ0n) is 7.33. The summed E-state index contributed by atoms with van der Waals surface area (Å²) in [4.78, 5) is 0. The van der Waals surface area contributed by atoms with Crippen LogP contribution < -0.4 is 5.73 Å². The molecule has 78 valence electrons. The van der Waals surface area contributed by atoms with Crippen LogP contribution in [-0.2, 0) is 9.47 Å². The minimum Gasteiger partial charge on any atom is -0.394 e. The Balaban J connectivity index is 2.69. The van der Waals surface area contributed by atoms with Crippen LogP contribution in [0, 0.1) is 0 Å². The molecule has 1 rings (SSSR count). The van der Waals surface area contributed by atoms with Gasteiger partial charge in [0.2, 0.25) is 0 Å².